The summed E-state index contributed by atoms with van der Waals surface area (Å²) >= 11 is 0. The Hall–Kier alpha value is -3.02. The van der Waals surface area contributed by atoms with Crippen LogP contribution in [0.4, 0.5) is 19.0 Å². The zero-order valence-corrected chi connectivity index (χ0v) is 18.0. The van der Waals surface area contributed by atoms with E-state index in [9.17, 15) is 18.0 Å². The number of halogens is 3. The Morgan fingerprint density at radius 1 is 1.19 bits per heavy atom. The van der Waals surface area contributed by atoms with Gasteiger partial charge in [-0.2, -0.15) is 23.5 Å². The van der Waals surface area contributed by atoms with Crippen LogP contribution in [-0.2, 0) is 6.54 Å². The van der Waals surface area contributed by atoms with Crippen LogP contribution in [0.15, 0.2) is 30.3 Å². The lowest BCUT2D eigenvalue weighted by Gasteiger charge is -2.34. The van der Waals surface area contributed by atoms with Gasteiger partial charge in [-0.25, -0.2) is 0 Å². The molecule has 3 heterocycles. The maximum atomic E-state index is 13.2. The molecule has 1 atom stereocenters. The second-order valence-corrected chi connectivity index (χ2v) is 8.57. The highest BCUT2D eigenvalue weighted by atomic mass is 19.4. The summed E-state index contributed by atoms with van der Waals surface area (Å²) < 4.78 is 40.8. The average molecular weight is 445 g/mol. The number of hydrogen-bond donors (Lipinski definition) is 0. The molecule has 1 unspecified atom stereocenters. The fraction of sp³-hybridized carbons (Fsp3) is 0.522. The number of anilines is 1. The predicted molar refractivity (Wildman–Crippen MR) is 113 cm³/mol. The number of nitrogens with zero attached hydrogens (tertiary/aromatic N) is 5. The summed E-state index contributed by atoms with van der Waals surface area (Å²) in [6.45, 7) is 3.59. The molecule has 0 spiro atoms. The van der Waals surface area contributed by atoms with Crippen LogP contribution in [-0.4, -0.2) is 46.4 Å². The van der Waals surface area contributed by atoms with Crippen molar-refractivity contribution in [3.63, 3.8) is 0 Å². The van der Waals surface area contributed by atoms with E-state index in [1.165, 1.54) is 0 Å². The van der Waals surface area contributed by atoms with Gasteiger partial charge in [0, 0.05) is 32.2 Å². The first-order valence-electron chi connectivity index (χ1n) is 11.0. The average Bonchev–Trinajstić information content (AvgIpc) is 3.23. The Morgan fingerprint density at radius 3 is 2.47 bits per heavy atom. The minimum absolute atomic E-state index is 0.0209. The third kappa shape index (κ3) is 4.45. The summed E-state index contributed by atoms with van der Waals surface area (Å²) in [7, 11) is 0. The van der Waals surface area contributed by atoms with Crippen molar-refractivity contribution in [3.8, 4) is 6.07 Å². The van der Waals surface area contributed by atoms with Crippen molar-refractivity contribution in [2.24, 2.45) is 5.92 Å². The van der Waals surface area contributed by atoms with Gasteiger partial charge in [0.15, 0.2) is 5.82 Å². The molecule has 0 aliphatic carbocycles. The van der Waals surface area contributed by atoms with Gasteiger partial charge in [-0.1, -0.05) is 25.5 Å². The quantitative estimate of drug-likeness (QED) is 0.678. The predicted octanol–water partition coefficient (Wildman–Crippen LogP) is 4.53. The summed E-state index contributed by atoms with van der Waals surface area (Å²) in [6, 6.07) is 11.0. The Bertz CT molecular complexity index is 1000. The van der Waals surface area contributed by atoms with Crippen molar-refractivity contribution < 1.29 is 18.0 Å². The molecular formula is C23H26F3N5O. The number of carbonyl (C=O) groups is 1. The second-order valence-electron chi connectivity index (χ2n) is 8.57. The molecule has 0 radical (unpaired) electrons. The lowest BCUT2D eigenvalue weighted by Crippen LogP contribution is -2.42. The third-order valence-electron chi connectivity index (χ3n) is 6.37. The number of hydrogen-bond acceptors (Lipinski definition) is 4. The normalized spacial score (nSPS) is 19.7. The van der Waals surface area contributed by atoms with Crippen molar-refractivity contribution in [1.82, 2.24) is 14.7 Å². The molecule has 6 nitrogen and oxygen atoms in total. The summed E-state index contributed by atoms with van der Waals surface area (Å²) in [6.07, 6.45) is -2.30. The largest absolute Gasteiger partial charge is 0.391 e. The number of benzene rings is 1. The Labute approximate surface area is 185 Å². The van der Waals surface area contributed by atoms with Gasteiger partial charge in [0.05, 0.1) is 23.6 Å². The molecule has 1 aromatic carbocycles. The number of aromatic nitrogens is 2. The highest BCUT2D eigenvalue weighted by Crippen LogP contribution is 2.36. The first-order valence-corrected chi connectivity index (χ1v) is 11.0. The molecule has 4 rings (SSSR count). The molecule has 2 aromatic rings. The second kappa shape index (κ2) is 8.85. The van der Waals surface area contributed by atoms with Gasteiger partial charge in [0.25, 0.3) is 5.91 Å². The SMILES string of the molecule is CCCC1CN(Cc2ccc(C#N)cc2)C(=O)c2cc(N3CCC(C(F)(F)F)CC3)nn21. The number of rotatable bonds is 5. The smallest absolute Gasteiger partial charge is 0.355 e. The maximum absolute atomic E-state index is 13.2. The van der Waals surface area contributed by atoms with Crippen LogP contribution >= 0.6 is 0 Å². The Kier molecular flexibility index (Phi) is 6.13. The molecule has 9 heteroatoms. The lowest BCUT2D eigenvalue weighted by atomic mass is 9.96. The summed E-state index contributed by atoms with van der Waals surface area (Å²) in [5.74, 6) is -0.825. The highest BCUT2D eigenvalue weighted by Gasteiger charge is 2.42. The molecule has 0 N–H and O–H groups in total. The van der Waals surface area contributed by atoms with Gasteiger partial charge in [-0.15, -0.1) is 0 Å². The van der Waals surface area contributed by atoms with Crippen LogP contribution in [0.1, 0.15) is 60.3 Å². The summed E-state index contributed by atoms with van der Waals surface area (Å²) in [5.41, 5.74) is 1.99. The van der Waals surface area contributed by atoms with Crippen LogP contribution < -0.4 is 4.90 Å². The zero-order valence-electron chi connectivity index (χ0n) is 18.0. The molecule has 1 saturated heterocycles. The molecule has 32 heavy (non-hydrogen) atoms. The number of carbonyl (C=O) groups excluding carboxylic acids is 1. The van der Waals surface area contributed by atoms with E-state index in [4.69, 9.17) is 5.26 Å². The lowest BCUT2D eigenvalue weighted by molar-refractivity contribution is -0.179. The van der Waals surface area contributed by atoms with E-state index in [0.717, 1.165) is 18.4 Å². The summed E-state index contributed by atoms with van der Waals surface area (Å²) in [5, 5.41) is 13.6. The molecule has 1 amide bonds. The van der Waals surface area contributed by atoms with E-state index >= 15 is 0 Å². The molecule has 1 aromatic heterocycles. The fourth-order valence-corrected chi connectivity index (χ4v) is 4.57. The molecule has 2 aliphatic rings. The Morgan fingerprint density at radius 2 is 1.88 bits per heavy atom. The minimum Gasteiger partial charge on any atom is -0.355 e. The van der Waals surface area contributed by atoms with E-state index in [-0.39, 0.29) is 37.9 Å². The van der Waals surface area contributed by atoms with Gasteiger partial charge in [0.2, 0.25) is 0 Å². The molecule has 2 aliphatic heterocycles. The number of alkyl halides is 3. The van der Waals surface area contributed by atoms with Gasteiger partial charge >= 0.3 is 6.18 Å². The molecule has 0 saturated carbocycles. The Balaban J connectivity index is 1.53. The zero-order chi connectivity index (χ0) is 22.9. The molecular weight excluding hydrogens is 419 g/mol. The maximum Gasteiger partial charge on any atom is 0.391 e. The molecule has 170 valence electrons. The highest BCUT2D eigenvalue weighted by molar-refractivity contribution is 5.94. The van der Waals surface area contributed by atoms with Crippen molar-refractivity contribution in [2.75, 3.05) is 24.5 Å². The van der Waals surface area contributed by atoms with Crippen LogP contribution in [0.3, 0.4) is 0 Å². The first kappa shape index (κ1) is 22.2. The van der Waals surface area contributed by atoms with Crippen LogP contribution in [0.5, 0.6) is 0 Å². The van der Waals surface area contributed by atoms with E-state index in [2.05, 4.69) is 18.1 Å². The van der Waals surface area contributed by atoms with Gasteiger partial charge in [-0.3, -0.25) is 9.48 Å². The van der Waals surface area contributed by atoms with Crippen molar-refractivity contribution in [3.05, 3.63) is 47.2 Å². The molecule has 1 fully saturated rings. The van der Waals surface area contributed by atoms with Crippen molar-refractivity contribution in [2.45, 2.75) is 51.4 Å². The van der Waals surface area contributed by atoms with Crippen LogP contribution in [0.2, 0.25) is 0 Å². The number of nitriles is 1. The van der Waals surface area contributed by atoms with Gasteiger partial charge in [0.1, 0.15) is 5.69 Å². The van der Waals surface area contributed by atoms with E-state index < -0.39 is 12.1 Å². The molecule has 0 bridgehead atoms. The number of piperidine rings is 1. The number of fused-ring (bicyclic) bond motifs is 1. The van der Waals surface area contributed by atoms with Gasteiger partial charge in [-0.05, 0) is 37.0 Å². The monoisotopic (exact) mass is 445 g/mol. The minimum atomic E-state index is -4.16. The van der Waals surface area contributed by atoms with Crippen molar-refractivity contribution in [1.29, 1.82) is 5.26 Å². The number of amides is 1. The third-order valence-corrected chi connectivity index (χ3v) is 6.37. The van der Waals surface area contributed by atoms with E-state index in [1.54, 1.807) is 27.8 Å². The van der Waals surface area contributed by atoms with Crippen molar-refractivity contribution >= 4 is 11.7 Å². The van der Waals surface area contributed by atoms with E-state index in [1.807, 2.05) is 17.0 Å². The standard InChI is InChI=1S/C23H26F3N5O/c1-2-3-19-15-30(14-17-6-4-16(13-27)5-7-17)22(32)20-12-21(28-31(19)20)29-10-8-18(9-11-29)23(24,25)26/h4-7,12,18-19H,2-3,8-11,14-15H2,1H3. The first-order chi connectivity index (χ1) is 15.3. The van der Waals surface area contributed by atoms with E-state index in [0.29, 0.717) is 30.2 Å². The topological polar surface area (TPSA) is 65.2 Å². The summed E-state index contributed by atoms with van der Waals surface area (Å²) in [4.78, 5) is 16.9. The fourth-order valence-electron chi connectivity index (χ4n) is 4.57. The van der Waals surface area contributed by atoms with Crippen LogP contribution in [0.25, 0.3) is 0 Å². The van der Waals surface area contributed by atoms with Gasteiger partial charge < -0.3 is 9.80 Å². The van der Waals surface area contributed by atoms with Crippen LogP contribution in [0, 0.1) is 17.2 Å².